The first kappa shape index (κ1) is 8.95. The first-order valence-corrected chi connectivity index (χ1v) is 0.995. The molecule has 1 atom stereocenters. The summed E-state index contributed by atoms with van der Waals surface area (Å²) in [6.45, 7) is 0. The summed E-state index contributed by atoms with van der Waals surface area (Å²) in [5, 5.41) is 7.18. The van der Waals surface area contributed by atoms with E-state index >= 15 is 0 Å². The molecular formula is CH4ClO2P. The van der Waals surface area contributed by atoms with Crippen molar-refractivity contribution in [3.63, 3.8) is 0 Å². The van der Waals surface area contributed by atoms with E-state index in [0.29, 0.717) is 0 Å². The van der Waals surface area contributed by atoms with Gasteiger partial charge in [0, 0.05) is 11.6 Å². The largest absolute Gasteiger partial charge is 0.469 e. The number of halogens is 1. The van der Waals surface area contributed by atoms with Crippen molar-refractivity contribution >= 4 is 26.9 Å². The molecule has 0 saturated carbocycles. The highest BCUT2D eigenvalue weighted by molar-refractivity contribution is 6.92. The second-order valence-electron chi connectivity index (χ2n) is 0.253. The Hall–Kier alpha value is 0.190. The topological polar surface area (TPSA) is 37.3 Å². The summed E-state index contributed by atoms with van der Waals surface area (Å²) in [7, 11) is 0. The van der Waals surface area contributed by atoms with Crippen LogP contribution in [0.25, 0.3) is 0 Å². The summed E-state index contributed by atoms with van der Waals surface area (Å²) in [5.41, 5.74) is -1.36. The van der Waals surface area contributed by atoms with Crippen molar-refractivity contribution in [2.45, 2.75) is 0 Å². The quantitative estimate of drug-likeness (QED) is 0.376. The summed E-state index contributed by atoms with van der Waals surface area (Å²) in [4.78, 5) is 8.77. The summed E-state index contributed by atoms with van der Waals surface area (Å²) in [6.07, 6.45) is 0. The van der Waals surface area contributed by atoms with Crippen molar-refractivity contribution in [2.75, 3.05) is 0 Å². The summed E-state index contributed by atoms with van der Waals surface area (Å²) < 4.78 is 0. The SMILES string of the molecule is O=C(O)Cl.P. The monoisotopic (exact) mass is 114 g/mol. The Morgan fingerprint density at radius 2 is 1.80 bits per heavy atom. The highest BCUT2D eigenvalue weighted by Gasteiger charge is 1.71. The van der Waals surface area contributed by atoms with Crippen molar-refractivity contribution in [1.29, 1.82) is 0 Å². The van der Waals surface area contributed by atoms with E-state index in [-0.39, 0.29) is 9.90 Å². The van der Waals surface area contributed by atoms with Crippen molar-refractivity contribution in [2.24, 2.45) is 0 Å². The average molecular weight is 114 g/mol. The van der Waals surface area contributed by atoms with Crippen molar-refractivity contribution in [3.05, 3.63) is 0 Å². The van der Waals surface area contributed by atoms with Crippen LogP contribution in [0.3, 0.4) is 0 Å². The van der Waals surface area contributed by atoms with E-state index in [1.807, 2.05) is 0 Å². The fourth-order valence-corrected chi connectivity index (χ4v) is 0. The van der Waals surface area contributed by atoms with Crippen molar-refractivity contribution in [3.8, 4) is 0 Å². The molecule has 0 aromatic heterocycles. The second-order valence-corrected chi connectivity index (χ2v) is 0.576. The molecule has 0 aliphatic rings. The lowest BCUT2D eigenvalue weighted by atomic mass is 11.6. The molecule has 0 rings (SSSR count). The Kier molecular flexibility index (Phi) is 7.50. The van der Waals surface area contributed by atoms with E-state index in [1.54, 1.807) is 0 Å². The van der Waals surface area contributed by atoms with Gasteiger partial charge in [0.2, 0.25) is 0 Å². The van der Waals surface area contributed by atoms with Gasteiger partial charge in [0.05, 0.1) is 0 Å². The standard InChI is InChI=1S/CHClO2.H3P/c2-1(3)4;/h(H,3,4);1H3. The first-order valence-electron chi connectivity index (χ1n) is 0.617. The zero-order valence-electron chi connectivity index (χ0n) is 2.44. The molecule has 0 aromatic carbocycles. The maximum absolute atomic E-state index is 8.77. The normalized spacial score (nSPS) is 5.00. The molecule has 2 nitrogen and oxygen atoms in total. The summed E-state index contributed by atoms with van der Waals surface area (Å²) >= 11 is 4.19. The van der Waals surface area contributed by atoms with Gasteiger partial charge < -0.3 is 5.11 Å². The van der Waals surface area contributed by atoms with Crippen LogP contribution in [0, 0.1) is 0 Å². The lowest BCUT2D eigenvalue weighted by Gasteiger charge is -1.55. The van der Waals surface area contributed by atoms with Gasteiger partial charge in [-0.2, -0.15) is 9.90 Å². The average Bonchev–Trinajstić information content (AvgIpc) is 0.811. The molecule has 0 heterocycles. The molecule has 0 spiro atoms. The number of carboxylic acid groups (broad SMARTS) is 1. The molecule has 0 bridgehead atoms. The number of rotatable bonds is 0. The van der Waals surface area contributed by atoms with Crippen LogP contribution in [0.2, 0.25) is 0 Å². The molecule has 32 valence electrons. The van der Waals surface area contributed by atoms with E-state index in [1.165, 1.54) is 0 Å². The van der Waals surface area contributed by atoms with Gasteiger partial charge in [-0.1, -0.05) is 0 Å². The van der Waals surface area contributed by atoms with Crippen LogP contribution in [0.4, 0.5) is 4.79 Å². The number of hydrogen-bond donors (Lipinski definition) is 1. The first-order chi connectivity index (χ1) is 1.73. The predicted molar refractivity (Wildman–Crippen MR) is 25.0 cm³/mol. The minimum Gasteiger partial charge on any atom is -0.469 e. The van der Waals surface area contributed by atoms with E-state index < -0.39 is 5.43 Å². The molecule has 0 aliphatic heterocycles. The lowest BCUT2D eigenvalue weighted by Crippen LogP contribution is -1.66. The Morgan fingerprint density at radius 3 is 1.80 bits per heavy atom. The highest BCUT2D eigenvalue weighted by Crippen LogP contribution is 1.67. The minimum atomic E-state index is -1.36. The van der Waals surface area contributed by atoms with E-state index in [4.69, 9.17) is 9.90 Å². The Morgan fingerprint density at radius 1 is 1.80 bits per heavy atom. The molecule has 4 heteroatoms. The molecule has 1 unspecified atom stereocenters. The third-order valence-electron chi connectivity index (χ3n) is 0. The fourth-order valence-electron chi connectivity index (χ4n) is 0. The number of hydrogen-bond acceptors (Lipinski definition) is 1. The Balaban J connectivity index is 0. The van der Waals surface area contributed by atoms with Crippen LogP contribution in [0.5, 0.6) is 0 Å². The minimum absolute atomic E-state index is 0. The lowest BCUT2D eigenvalue weighted by molar-refractivity contribution is 0.220. The van der Waals surface area contributed by atoms with Crippen LogP contribution in [-0.2, 0) is 0 Å². The second kappa shape index (κ2) is 4.19. The fraction of sp³-hybridized carbons (Fsp3) is 0. The smallest absolute Gasteiger partial charge is 0.401 e. The van der Waals surface area contributed by atoms with Gasteiger partial charge >= 0.3 is 5.43 Å². The maximum atomic E-state index is 8.77. The van der Waals surface area contributed by atoms with Crippen LogP contribution in [0.1, 0.15) is 0 Å². The summed E-state index contributed by atoms with van der Waals surface area (Å²) in [5.74, 6) is 0. The molecule has 0 amide bonds. The molecule has 5 heavy (non-hydrogen) atoms. The van der Waals surface area contributed by atoms with E-state index in [9.17, 15) is 0 Å². The molecule has 0 aliphatic carbocycles. The molecule has 0 aromatic rings. The summed E-state index contributed by atoms with van der Waals surface area (Å²) in [6, 6.07) is 0. The van der Waals surface area contributed by atoms with E-state index in [2.05, 4.69) is 11.6 Å². The molecular weight excluding hydrogens is 110 g/mol. The van der Waals surface area contributed by atoms with Crippen LogP contribution in [0.15, 0.2) is 0 Å². The third kappa shape index (κ3) is 557. The van der Waals surface area contributed by atoms with E-state index in [0.717, 1.165) is 0 Å². The molecule has 0 radical (unpaired) electrons. The third-order valence-corrected chi connectivity index (χ3v) is 0. The molecule has 0 fully saturated rings. The van der Waals surface area contributed by atoms with Crippen LogP contribution in [-0.4, -0.2) is 10.5 Å². The van der Waals surface area contributed by atoms with Gasteiger partial charge in [-0.15, -0.1) is 0 Å². The highest BCUT2D eigenvalue weighted by atomic mass is 35.5. The maximum Gasteiger partial charge on any atom is 0.401 e. The zero-order valence-corrected chi connectivity index (χ0v) is 4.61. The zero-order chi connectivity index (χ0) is 3.58. The van der Waals surface area contributed by atoms with Gasteiger partial charge in [-0.3, -0.25) is 0 Å². The van der Waals surface area contributed by atoms with Crippen LogP contribution >= 0.6 is 21.5 Å². The van der Waals surface area contributed by atoms with Crippen molar-refractivity contribution < 1.29 is 9.90 Å². The Bertz CT molecular complexity index is 32.6. The molecule has 0 saturated heterocycles. The van der Waals surface area contributed by atoms with Gasteiger partial charge in [-0.25, -0.2) is 4.79 Å². The van der Waals surface area contributed by atoms with Crippen LogP contribution < -0.4 is 0 Å². The van der Waals surface area contributed by atoms with Crippen molar-refractivity contribution in [1.82, 2.24) is 0 Å². The predicted octanol–water partition coefficient (Wildman–Crippen LogP) is 0.961. The number of carbonyl (C=O) groups is 1. The van der Waals surface area contributed by atoms with Gasteiger partial charge in [0.1, 0.15) is 0 Å². The van der Waals surface area contributed by atoms with Gasteiger partial charge in [0.15, 0.2) is 0 Å². The van der Waals surface area contributed by atoms with Gasteiger partial charge in [0.25, 0.3) is 0 Å². The molecule has 1 N–H and O–H groups in total. The Labute approximate surface area is 37.7 Å². The van der Waals surface area contributed by atoms with Gasteiger partial charge in [-0.05, 0) is 0 Å².